The lowest BCUT2D eigenvalue weighted by atomic mass is 10.2. The summed E-state index contributed by atoms with van der Waals surface area (Å²) in [6.45, 7) is 5.03. The van der Waals surface area contributed by atoms with Gasteiger partial charge < -0.3 is 14.6 Å². The second kappa shape index (κ2) is 9.23. The molecule has 3 aromatic rings. The van der Waals surface area contributed by atoms with Gasteiger partial charge in [0.1, 0.15) is 12.4 Å². The molecule has 0 bridgehead atoms. The number of carbonyl (C=O) groups excluding carboxylic acids is 1. The first-order chi connectivity index (χ1) is 13.2. The van der Waals surface area contributed by atoms with Gasteiger partial charge in [-0.25, -0.2) is 0 Å². The van der Waals surface area contributed by atoms with Crippen molar-refractivity contribution >= 4 is 23.4 Å². The first-order valence-electron chi connectivity index (χ1n) is 8.75. The molecule has 0 spiro atoms. The van der Waals surface area contributed by atoms with Crippen LogP contribution < -0.4 is 10.1 Å². The molecule has 0 radical (unpaired) electrons. The van der Waals surface area contributed by atoms with Crippen LogP contribution in [0.5, 0.6) is 5.75 Å². The molecule has 1 N–H and O–H groups in total. The molecule has 0 aliphatic carbocycles. The lowest BCUT2D eigenvalue weighted by molar-refractivity contribution is -0.113. The number of anilines is 1. The van der Waals surface area contributed by atoms with E-state index in [2.05, 4.69) is 15.5 Å². The van der Waals surface area contributed by atoms with Crippen molar-refractivity contribution in [2.24, 2.45) is 0 Å². The van der Waals surface area contributed by atoms with Crippen molar-refractivity contribution in [2.75, 3.05) is 11.1 Å². The normalized spacial score (nSPS) is 10.6. The number of para-hydroxylation sites is 2. The predicted octanol–water partition coefficient (Wildman–Crippen LogP) is 3.92. The van der Waals surface area contributed by atoms with Crippen LogP contribution in [0.4, 0.5) is 5.69 Å². The molecule has 0 aliphatic rings. The maximum atomic E-state index is 12.2. The highest BCUT2D eigenvalue weighted by atomic mass is 32.2. The predicted molar refractivity (Wildman–Crippen MR) is 107 cm³/mol. The Morgan fingerprint density at radius 1 is 1.11 bits per heavy atom. The number of nitrogens with zero attached hydrogens (tertiary/aromatic N) is 3. The van der Waals surface area contributed by atoms with Crippen molar-refractivity contribution in [1.82, 2.24) is 14.8 Å². The molecule has 1 amide bonds. The number of hydrogen-bond donors (Lipinski definition) is 1. The number of aromatic nitrogens is 3. The molecule has 1 heterocycles. The molecular weight excluding hydrogens is 360 g/mol. The maximum absolute atomic E-state index is 12.2. The van der Waals surface area contributed by atoms with E-state index in [1.807, 2.05) is 73.0 Å². The van der Waals surface area contributed by atoms with E-state index >= 15 is 0 Å². The van der Waals surface area contributed by atoms with E-state index in [1.165, 1.54) is 11.8 Å². The Morgan fingerprint density at radius 3 is 2.59 bits per heavy atom. The van der Waals surface area contributed by atoms with Gasteiger partial charge in [-0.05, 0) is 37.6 Å². The van der Waals surface area contributed by atoms with Crippen LogP contribution in [0, 0.1) is 6.92 Å². The van der Waals surface area contributed by atoms with Crippen LogP contribution in [0.3, 0.4) is 0 Å². The summed E-state index contributed by atoms with van der Waals surface area (Å²) in [5.74, 6) is 1.73. The smallest absolute Gasteiger partial charge is 0.234 e. The van der Waals surface area contributed by atoms with E-state index in [4.69, 9.17) is 4.74 Å². The molecule has 0 saturated heterocycles. The highest BCUT2D eigenvalue weighted by molar-refractivity contribution is 7.99. The van der Waals surface area contributed by atoms with Gasteiger partial charge in [0.15, 0.2) is 11.0 Å². The van der Waals surface area contributed by atoms with Gasteiger partial charge >= 0.3 is 0 Å². The van der Waals surface area contributed by atoms with E-state index in [1.54, 1.807) is 0 Å². The standard InChI is InChI=1S/C20H22N4O2S/c1-3-24-18(13-26-16-10-5-4-6-11-16)22-23-20(24)27-14-19(25)21-17-12-8-7-9-15(17)2/h4-12H,3,13-14H2,1-2H3,(H,21,25). The Morgan fingerprint density at radius 2 is 1.85 bits per heavy atom. The quantitative estimate of drug-likeness (QED) is 0.598. The van der Waals surface area contributed by atoms with Crippen LogP contribution in [-0.2, 0) is 17.9 Å². The fraction of sp³-hybridized carbons (Fsp3) is 0.250. The lowest BCUT2D eigenvalue weighted by Gasteiger charge is -2.09. The highest BCUT2D eigenvalue weighted by Crippen LogP contribution is 2.20. The van der Waals surface area contributed by atoms with Gasteiger partial charge in [-0.3, -0.25) is 4.79 Å². The Bertz CT molecular complexity index is 896. The van der Waals surface area contributed by atoms with Crippen LogP contribution in [0.2, 0.25) is 0 Å². The Labute approximate surface area is 163 Å². The van der Waals surface area contributed by atoms with E-state index in [0.717, 1.165) is 22.8 Å². The molecule has 3 rings (SSSR count). The molecule has 0 aliphatic heterocycles. The molecule has 1 aromatic heterocycles. The third-order valence-corrected chi connectivity index (χ3v) is 4.94. The topological polar surface area (TPSA) is 69.0 Å². The molecule has 0 fully saturated rings. The number of ether oxygens (including phenoxy) is 1. The van der Waals surface area contributed by atoms with Crippen molar-refractivity contribution in [3.05, 3.63) is 66.0 Å². The van der Waals surface area contributed by atoms with Crippen molar-refractivity contribution in [1.29, 1.82) is 0 Å². The fourth-order valence-electron chi connectivity index (χ4n) is 2.54. The summed E-state index contributed by atoms with van der Waals surface area (Å²) in [6.07, 6.45) is 0. The van der Waals surface area contributed by atoms with Crippen LogP contribution in [0.15, 0.2) is 59.8 Å². The number of benzene rings is 2. The molecule has 7 heteroatoms. The van der Waals surface area contributed by atoms with E-state index in [-0.39, 0.29) is 11.7 Å². The number of carbonyl (C=O) groups is 1. The van der Waals surface area contributed by atoms with Gasteiger partial charge in [-0.15, -0.1) is 10.2 Å². The van der Waals surface area contributed by atoms with Gasteiger partial charge in [-0.1, -0.05) is 48.2 Å². The van der Waals surface area contributed by atoms with E-state index in [9.17, 15) is 4.79 Å². The molecule has 140 valence electrons. The monoisotopic (exact) mass is 382 g/mol. The van der Waals surface area contributed by atoms with Crippen LogP contribution in [0.25, 0.3) is 0 Å². The highest BCUT2D eigenvalue weighted by Gasteiger charge is 2.14. The zero-order valence-corrected chi connectivity index (χ0v) is 16.2. The Kier molecular flexibility index (Phi) is 6.49. The summed E-state index contributed by atoms with van der Waals surface area (Å²) < 4.78 is 7.72. The van der Waals surface area contributed by atoms with E-state index in [0.29, 0.717) is 18.3 Å². The number of thioether (sulfide) groups is 1. The number of hydrogen-bond acceptors (Lipinski definition) is 5. The zero-order chi connectivity index (χ0) is 19.1. The molecule has 27 heavy (non-hydrogen) atoms. The Balaban J connectivity index is 1.58. The summed E-state index contributed by atoms with van der Waals surface area (Å²) in [5, 5.41) is 12.1. The number of aryl methyl sites for hydroxylation is 1. The van der Waals surface area contributed by atoms with Crippen molar-refractivity contribution in [3.8, 4) is 5.75 Å². The van der Waals surface area contributed by atoms with Gasteiger partial charge in [0.2, 0.25) is 5.91 Å². The summed E-state index contributed by atoms with van der Waals surface area (Å²) in [5.41, 5.74) is 1.87. The second-order valence-electron chi connectivity index (χ2n) is 5.90. The number of rotatable bonds is 8. The maximum Gasteiger partial charge on any atom is 0.234 e. The summed E-state index contributed by atoms with van der Waals surface area (Å²) >= 11 is 1.37. The number of nitrogens with one attached hydrogen (secondary N) is 1. The first-order valence-corrected chi connectivity index (χ1v) is 9.74. The van der Waals surface area contributed by atoms with Gasteiger partial charge in [0.25, 0.3) is 0 Å². The molecule has 2 aromatic carbocycles. The van der Waals surface area contributed by atoms with Crippen LogP contribution in [0.1, 0.15) is 18.3 Å². The molecule has 0 unspecified atom stereocenters. The van der Waals surface area contributed by atoms with Gasteiger partial charge in [0, 0.05) is 12.2 Å². The van der Waals surface area contributed by atoms with Crippen molar-refractivity contribution < 1.29 is 9.53 Å². The minimum absolute atomic E-state index is 0.0676. The third kappa shape index (κ3) is 5.10. The summed E-state index contributed by atoms with van der Waals surface area (Å²) in [4.78, 5) is 12.2. The van der Waals surface area contributed by atoms with Crippen LogP contribution >= 0.6 is 11.8 Å². The fourth-order valence-corrected chi connectivity index (χ4v) is 3.37. The molecular formula is C20H22N4O2S. The molecule has 0 saturated carbocycles. The third-order valence-electron chi connectivity index (χ3n) is 3.97. The summed E-state index contributed by atoms with van der Waals surface area (Å²) in [6, 6.07) is 17.3. The average molecular weight is 382 g/mol. The summed E-state index contributed by atoms with van der Waals surface area (Å²) in [7, 11) is 0. The minimum Gasteiger partial charge on any atom is -0.486 e. The van der Waals surface area contributed by atoms with Gasteiger partial charge in [-0.2, -0.15) is 0 Å². The lowest BCUT2D eigenvalue weighted by Crippen LogP contribution is -2.15. The molecule has 0 atom stereocenters. The van der Waals surface area contributed by atoms with Crippen molar-refractivity contribution in [3.63, 3.8) is 0 Å². The largest absolute Gasteiger partial charge is 0.486 e. The number of amides is 1. The first kappa shape index (κ1) is 19.0. The van der Waals surface area contributed by atoms with Gasteiger partial charge in [0.05, 0.1) is 5.75 Å². The van der Waals surface area contributed by atoms with Crippen LogP contribution in [-0.4, -0.2) is 26.4 Å². The molecule has 6 nitrogen and oxygen atoms in total. The Hall–Kier alpha value is -2.80. The zero-order valence-electron chi connectivity index (χ0n) is 15.4. The average Bonchev–Trinajstić information content (AvgIpc) is 3.09. The van der Waals surface area contributed by atoms with E-state index < -0.39 is 0 Å². The SMILES string of the molecule is CCn1c(COc2ccccc2)nnc1SCC(=O)Nc1ccccc1C. The minimum atomic E-state index is -0.0676. The second-order valence-corrected chi connectivity index (χ2v) is 6.84. The van der Waals surface area contributed by atoms with Crippen molar-refractivity contribution in [2.45, 2.75) is 32.2 Å².